The van der Waals surface area contributed by atoms with Crippen molar-refractivity contribution in [1.82, 2.24) is 5.54 Å². The van der Waals surface area contributed by atoms with Crippen LogP contribution in [0.3, 0.4) is 0 Å². The number of hydrogen-bond acceptors (Lipinski definition) is 2. The molecule has 1 N–H and O–H groups in total. The summed E-state index contributed by atoms with van der Waals surface area (Å²) in [5.74, 6) is 0. The van der Waals surface area contributed by atoms with Gasteiger partial charge >= 0.3 is 0 Å². The van der Waals surface area contributed by atoms with Crippen LogP contribution in [-0.4, -0.2) is 18.8 Å². The van der Waals surface area contributed by atoms with Gasteiger partial charge in [0, 0.05) is 18.8 Å². The van der Waals surface area contributed by atoms with Crippen molar-refractivity contribution in [2.75, 3.05) is 13.2 Å². The Bertz CT molecular complexity index is 79.0. The number of nitrogens with one attached hydrogen (secondary N) is 1. The van der Waals surface area contributed by atoms with Gasteiger partial charge in [0.25, 0.3) is 0 Å². The van der Waals surface area contributed by atoms with E-state index in [1.807, 2.05) is 0 Å². The van der Waals surface area contributed by atoms with Crippen LogP contribution in [0.25, 0.3) is 0 Å². The fourth-order valence-electron chi connectivity index (χ4n) is 0.510. The molecule has 1 rings (SSSR count). The average Bonchev–Trinajstić information content (AvgIpc) is 2.41. The van der Waals surface area contributed by atoms with Gasteiger partial charge in [-0.05, 0) is 33.6 Å². The summed E-state index contributed by atoms with van der Waals surface area (Å²) in [5, 5.41) is 0. The monoisotopic (exact) mass is 163 g/mol. The van der Waals surface area contributed by atoms with E-state index >= 15 is 0 Å². The number of ether oxygens (including phenoxy) is 1. The topological polar surface area (TPSA) is 21.3 Å². The summed E-state index contributed by atoms with van der Waals surface area (Å²) in [6.07, 6.45) is 2.56. The predicted octanol–water partition coefficient (Wildman–Crippen LogP) is 2.06. The van der Waals surface area contributed by atoms with Gasteiger partial charge in [-0.2, -0.15) is 5.54 Å². The molecule has 11 heavy (non-hydrogen) atoms. The molecule has 0 saturated carbocycles. The van der Waals surface area contributed by atoms with Gasteiger partial charge < -0.3 is 4.74 Å². The zero-order valence-corrected chi connectivity index (χ0v) is 7.61. The Balaban J connectivity index is 0.000000183. The fraction of sp³-hybridized carbons (Fsp3) is 1.00. The van der Waals surface area contributed by atoms with Crippen molar-refractivity contribution < 1.29 is 9.22 Å². The summed E-state index contributed by atoms with van der Waals surface area (Å²) >= 11 is 0. The third-order valence-electron chi connectivity index (χ3n) is 1.11. The van der Waals surface area contributed by atoms with E-state index in [1.165, 1.54) is 12.8 Å². The van der Waals surface area contributed by atoms with E-state index in [0.29, 0.717) is 0 Å². The van der Waals surface area contributed by atoms with Crippen molar-refractivity contribution in [2.24, 2.45) is 0 Å². The van der Waals surface area contributed by atoms with E-state index in [2.05, 4.69) is 0 Å². The highest BCUT2D eigenvalue weighted by molar-refractivity contribution is 4.62. The van der Waals surface area contributed by atoms with Gasteiger partial charge in [0.15, 0.2) is 0 Å². The van der Waals surface area contributed by atoms with Crippen LogP contribution >= 0.6 is 0 Å². The van der Waals surface area contributed by atoms with Gasteiger partial charge in [0.05, 0.1) is 0 Å². The smallest absolute Gasteiger partial charge is 0.0466 e. The first-order chi connectivity index (χ1) is 5.06. The van der Waals surface area contributed by atoms with E-state index in [0.717, 1.165) is 13.2 Å². The quantitative estimate of drug-likeness (QED) is 0.552. The molecule has 0 aromatic carbocycles. The molecule has 0 aromatic heterocycles. The minimum absolute atomic E-state index is 0.375. The molecule has 68 valence electrons. The van der Waals surface area contributed by atoms with Crippen molar-refractivity contribution >= 4 is 0 Å². The lowest BCUT2D eigenvalue weighted by molar-refractivity contribution is 0.198. The maximum absolute atomic E-state index is 11.2. The van der Waals surface area contributed by atoms with Crippen LogP contribution in [0.1, 0.15) is 33.6 Å². The highest BCUT2D eigenvalue weighted by atomic mass is 19.2. The second kappa shape index (κ2) is 5.49. The van der Waals surface area contributed by atoms with Gasteiger partial charge in [-0.15, -0.1) is 4.48 Å². The number of halogens is 1. The molecule has 3 heteroatoms. The molecule has 2 nitrogen and oxygen atoms in total. The van der Waals surface area contributed by atoms with Crippen LogP contribution in [0.2, 0.25) is 0 Å². The standard InChI is InChI=1S/C4H10FN.C4H8O/c1-4(2,3)6-5;1-2-4-5-3-1/h6H,1-3H3;1-4H2. The summed E-state index contributed by atoms with van der Waals surface area (Å²) < 4.78 is 16.2. The first-order valence-electron chi connectivity index (χ1n) is 4.02. The van der Waals surface area contributed by atoms with E-state index in [1.54, 1.807) is 26.3 Å². The lowest BCUT2D eigenvalue weighted by Crippen LogP contribution is -2.28. The summed E-state index contributed by atoms with van der Waals surface area (Å²) in [4.78, 5) is 0. The van der Waals surface area contributed by atoms with Crippen LogP contribution in [0, 0.1) is 0 Å². The summed E-state index contributed by atoms with van der Waals surface area (Å²) in [6.45, 7) is 7.27. The van der Waals surface area contributed by atoms with E-state index in [4.69, 9.17) is 4.74 Å². The molecule has 0 radical (unpaired) electrons. The highest BCUT2D eigenvalue weighted by Gasteiger charge is 2.05. The van der Waals surface area contributed by atoms with Crippen LogP contribution in [0.4, 0.5) is 4.48 Å². The minimum Gasteiger partial charge on any atom is -0.381 e. The first-order valence-corrected chi connectivity index (χ1v) is 4.02. The molecule has 0 bridgehead atoms. The van der Waals surface area contributed by atoms with Gasteiger partial charge in [-0.1, -0.05) is 0 Å². The SMILES string of the molecule is C1CCOC1.CC(C)(C)NF. The molecule has 1 aliphatic rings. The van der Waals surface area contributed by atoms with Gasteiger partial charge in [0.2, 0.25) is 0 Å². The van der Waals surface area contributed by atoms with E-state index < -0.39 is 0 Å². The Morgan fingerprint density at radius 2 is 1.55 bits per heavy atom. The Labute approximate surface area is 68.1 Å². The third-order valence-corrected chi connectivity index (χ3v) is 1.11. The van der Waals surface area contributed by atoms with Crippen molar-refractivity contribution in [2.45, 2.75) is 39.2 Å². The van der Waals surface area contributed by atoms with Crippen molar-refractivity contribution in [3.8, 4) is 0 Å². The van der Waals surface area contributed by atoms with Gasteiger partial charge in [-0.3, -0.25) is 0 Å². The maximum atomic E-state index is 11.2. The Morgan fingerprint density at radius 1 is 1.18 bits per heavy atom. The zero-order chi connectivity index (χ0) is 8.74. The van der Waals surface area contributed by atoms with E-state index in [-0.39, 0.29) is 5.54 Å². The largest absolute Gasteiger partial charge is 0.381 e. The second-order valence-electron chi connectivity index (χ2n) is 3.66. The molecule has 0 atom stereocenters. The summed E-state index contributed by atoms with van der Waals surface area (Å²) in [6, 6.07) is 0. The second-order valence-corrected chi connectivity index (χ2v) is 3.66. The molecule has 1 saturated heterocycles. The fourth-order valence-corrected chi connectivity index (χ4v) is 0.510. The lowest BCUT2D eigenvalue weighted by atomic mass is 10.1. The molecular formula is C8H18FNO. The normalized spacial score (nSPS) is 17.5. The summed E-state index contributed by atoms with van der Waals surface area (Å²) in [7, 11) is 0. The Hall–Kier alpha value is -0.150. The van der Waals surface area contributed by atoms with Gasteiger partial charge in [0.1, 0.15) is 0 Å². The van der Waals surface area contributed by atoms with Crippen molar-refractivity contribution in [3.63, 3.8) is 0 Å². The third kappa shape index (κ3) is 9.85. The van der Waals surface area contributed by atoms with Gasteiger partial charge in [-0.25, -0.2) is 0 Å². The molecule has 0 unspecified atom stereocenters. The molecule has 0 aliphatic carbocycles. The minimum atomic E-state index is -0.375. The molecule has 1 heterocycles. The Morgan fingerprint density at radius 3 is 1.64 bits per heavy atom. The zero-order valence-electron chi connectivity index (χ0n) is 7.61. The predicted molar refractivity (Wildman–Crippen MR) is 44.0 cm³/mol. The Kier molecular flexibility index (Phi) is 5.42. The van der Waals surface area contributed by atoms with Crippen LogP contribution in [-0.2, 0) is 4.74 Å². The molecule has 0 aromatic rings. The molecule has 1 fully saturated rings. The molecular weight excluding hydrogens is 145 g/mol. The van der Waals surface area contributed by atoms with Crippen molar-refractivity contribution in [1.29, 1.82) is 0 Å². The van der Waals surface area contributed by atoms with E-state index in [9.17, 15) is 4.48 Å². The van der Waals surface area contributed by atoms with Crippen LogP contribution in [0.5, 0.6) is 0 Å². The van der Waals surface area contributed by atoms with Crippen molar-refractivity contribution in [3.05, 3.63) is 0 Å². The molecule has 0 amide bonds. The van der Waals surface area contributed by atoms with Crippen LogP contribution < -0.4 is 5.54 Å². The van der Waals surface area contributed by atoms with Crippen LogP contribution in [0.15, 0.2) is 0 Å². The number of hydrogen-bond donors (Lipinski definition) is 1. The maximum Gasteiger partial charge on any atom is 0.0466 e. The molecule has 0 spiro atoms. The summed E-state index contributed by atoms with van der Waals surface area (Å²) in [5.41, 5.74) is 1.23. The highest BCUT2D eigenvalue weighted by Crippen LogP contribution is 1.98. The average molecular weight is 163 g/mol. The number of rotatable bonds is 0. The first kappa shape index (κ1) is 10.8. The molecule has 1 aliphatic heterocycles. The lowest BCUT2D eigenvalue weighted by Gasteiger charge is -2.11.